The van der Waals surface area contributed by atoms with Gasteiger partial charge in [0.1, 0.15) is 12.1 Å². The molecule has 0 unspecified atom stereocenters. The van der Waals surface area contributed by atoms with Crippen molar-refractivity contribution in [2.75, 3.05) is 12.3 Å². The van der Waals surface area contributed by atoms with Crippen LogP contribution in [0, 0.1) is 5.92 Å². The number of ether oxygens (including phenoxy) is 1. The van der Waals surface area contributed by atoms with Crippen LogP contribution in [0.15, 0.2) is 54.6 Å². The maximum absolute atomic E-state index is 13.4. The van der Waals surface area contributed by atoms with Crippen molar-refractivity contribution in [3.63, 3.8) is 0 Å². The summed E-state index contributed by atoms with van der Waals surface area (Å²) >= 11 is 1.27. The Hall–Kier alpha value is -3.71. The molecule has 274 valence electrons. The van der Waals surface area contributed by atoms with Crippen LogP contribution < -0.4 is 10.6 Å². The van der Waals surface area contributed by atoms with E-state index in [1.54, 1.807) is 49.1 Å². The number of carbonyl (C=O) groups excluding carboxylic acids is 4. The quantitative estimate of drug-likeness (QED) is 0.133. The molecule has 13 heteroatoms. The molecule has 2 atom stereocenters. The number of fused-ring (bicyclic) bond motifs is 2. The number of hydrogen-bond donors (Lipinski definition) is 2. The second-order valence-corrected chi connectivity index (χ2v) is 14.0. The second-order valence-electron chi connectivity index (χ2n) is 12.8. The zero-order valence-electron chi connectivity index (χ0n) is 29.1. The van der Waals surface area contributed by atoms with Gasteiger partial charge in [0, 0.05) is 25.3 Å². The van der Waals surface area contributed by atoms with Crippen LogP contribution >= 0.6 is 11.8 Å². The fourth-order valence-electron chi connectivity index (χ4n) is 5.34. The lowest BCUT2D eigenvalue weighted by Crippen LogP contribution is -2.49. The van der Waals surface area contributed by atoms with E-state index in [2.05, 4.69) is 22.5 Å². The molecule has 50 heavy (non-hydrogen) atoms. The molecule has 0 fully saturated rings. The molecule has 0 spiro atoms. The number of thioether (sulfide) groups is 1. The molecule has 0 saturated heterocycles. The van der Waals surface area contributed by atoms with Gasteiger partial charge in [0.2, 0.25) is 11.8 Å². The molecule has 1 aliphatic rings. The Bertz CT molecular complexity index is 1430. The van der Waals surface area contributed by atoms with Gasteiger partial charge in [-0.25, -0.2) is 4.79 Å². The van der Waals surface area contributed by atoms with Gasteiger partial charge in [-0.15, -0.1) is 0 Å². The second kappa shape index (κ2) is 20.8. The average Bonchev–Trinajstić information content (AvgIpc) is 3.05. The van der Waals surface area contributed by atoms with Gasteiger partial charge < -0.3 is 15.4 Å². The molecule has 2 aromatic rings. The summed E-state index contributed by atoms with van der Waals surface area (Å²) in [6, 6.07) is 9.00. The minimum absolute atomic E-state index is 0.113. The summed E-state index contributed by atoms with van der Waals surface area (Å²) < 4.78 is 45.2. The highest BCUT2D eigenvalue weighted by Crippen LogP contribution is 2.29. The van der Waals surface area contributed by atoms with Gasteiger partial charge in [-0.05, 0) is 54.7 Å². The maximum Gasteiger partial charge on any atom is 0.416 e. The summed E-state index contributed by atoms with van der Waals surface area (Å²) in [5.41, 5.74) is 0.950. The molecular formula is C37H49F3N4O5S. The molecule has 2 N–H and O–H groups in total. The topological polar surface area (TPSA) is 118 Å². The molecule has 1 aromatic heterocycles. The van der Waals surface area contributed by atoms with E-state index in [4.69, 9.17) is 4.74 Å². The first-order chi connectivity index (χ1) is 23.8. The van der Waals surface area contributed by atoms with Crippen LogP contribution in [0.25, 0.3) is 0 Å². The van der Waals surface area contributed by atoms with Crippen LogP contribution in [0.4, 0.5) is 13.2 Å². The minimum Gasteiger partial charge on any atom is -0.456 e. The lowest BCUT2D eigenvalue weighted by Gasteiger charge is -2.26. The van der Waals surface area contributed by atoms with Crippen LogP contribution in [0.5, 0.6) is 0 Å². The van der Waals surface area contributed by atoms with E-state index in [0.717, 1.165) is 37.8 Å². The molecule has 3 rings (SSSR count). The van der Waals surface area contributed by atoms with Gasteiger partial charge in [0.15, 0.2) is 5.12 Å². The predicted octanol–water partition coefficient (Wildman–Crippen LogP) is 6.74. The molecule has 0 saturated carbocycles. The Balaban J connectivity index is 1.73. The zero-order chi connectivity index (χ0) is 36.5. The largest absolute Gasteiger partial charge is 0.456 e. The molecule has 2 heterocycles. The maximum atomic E-state index is 13.4. The van der Waals surface area contributed by atoms with E-state index in [1.165, 1.54) is 30.3 Å². The number of amides is 2. The van der Waals surface area contributed by atoms with Gasteiger partial charge >= 0.3 is 12.1 Å². The number of nitrogens with one attached hydrogen (secondary N) is 2. The minimum atomic E-state index is -4.47. The van der Waals surface area contributed by atoms with Crippen LogP contribution in [-0.2, 0) is 49.7 Å². The summed E-state index contributed by atoms with van der Waals surface area (Å²) in [7, 11) is 0. The highest BCUT2D eigenvalue weighted by molar-refractivity contribution is 8.13. The summed E-state index contributed by atoms with van der Waals surface area (Å²) in [5.74, 6) is -1.33. The highest BCUT2D eigenvalue weighted by atomic mass is 32.2. The molecule has 0 radical (unpaired) electrons. The number of hydrogen-bond acceptors (Lipinski definition) is 8. The number of alkyl halides is 3. The van der Waals surface area contributed by atoms with Gasteiger partial charge in [0.05, 0.1) is 36.5 Å². The summed E-state index contributed by atoms with van der Waals surface area (Å²) in [5, 5.41) is 5.73. The average molecular weight is 719 g/mol. The Kier molecular flexibility index (Phi) is 17.0. The van der Waals surface area contributed by atoms with E-state index in [0.29, 0.717) is 35.5 Å². The summed E-state index contributed by atoms with van der Waals surface area (Å²) in [6.45, 7) is 5.94. The number of halogens is 3. The van der Waals surface area contributed by atoms with Crippen molar-refractivity contribution < 1.29 is 37.1 Å². The standard InChI is InChI=1S/C37H49F3N4O5S/c1-4-5-6-7-8-15-34(47)50-20-10-9-14-31-21-32(45)41-22-29-12-11-13-30(42-29)24-44(23-27-16-18-28(19-17-27)37(38,39)40)25-33(46)43-35(26(2)3)36(48)49-31/h9,11-14,16-19,26,31,35H,4-8,10,15,20-25H2,1-3H3,(H,41,45)(H,43,46)/t31-,35+/m1/s1. The van der Waals surface area contributed by atoms with Crippen molar-refractivity contribution in [3.8, 4) is 0 Å². The number of esters is 1. The monoisotopic (exact) mass is 718 g/mol. The number of unbranched alkanes of at least 4 members (excludes halogenated alkanes) is 4. The third kappa shape index (κ3) is 15.0. The first-order valence-corrected chi connectivity index (χ1v) is 18.2. The van der Waals surface area contributed by atoms with Crippen LogP contribution in [0.3, 0.4) is 0 Å². The lowest BCUT2D eigenvalue weighted by molar-refractivity contribution is -0.153. The van der Waals surface area contributed by atoms with Crippen molar-refractivity contribution in [2.24, 2.45) is 5.92 Å². The normalized spacial score (nSPS) is 18.6. The van der Waals surface area contributed by atoms with Gasteiger partial charge in [-0.3, -0.25) is 24.3 Å². The first kappa shape index (κ1) is 40.7. The molecule has 2 bridgehead atoms. The highest BCUT2D eigenvalue weighted by Gasteiger charge is 2.31. The van der Waals surface area contributed by atoms with Crippen LogP contribution in [0.2, 0.25) is 0 Å². The van der Waals surface area contributed by atoms with Crippen molar-refractivity contribution in [2.45, 2.75) is 110 Å². The molecule has 2 amide bonds. The first-order valence-electron chi connectivity index (χ1n) is 17.3. The van der Waals surface area contributed by atoms with Crippen LogP contribution in [0.1, 0.15) is 94.7 Å². The number of pyridine rings is 1. The fourth-order valence-corrected chi connectivity index (χ4v) is 6.11. The Labute approximate surface area is 297 Å². The molecule has 1 aliphatic heterocycles. The smallest absolute Gasteiger partial charge is 0.416 e. The predicted molar refractivity (Wildman–Crippen MR) is 188 cm³/mol. The SMILES string of the molecule is CCCCCCCC(=O)SCCC=C[C@@H]1CC(=O)NCc2cccc(n2)CN(Cc2ccc(C(F)(F)F)cc2)CC(=O)N[C@@H](C(C)C)C(=O)O1. The number of nitrogens with zero attached hydrogens (tertiary/aromatic N) is 2. The van der Waals surface area contributed by atoms with Gasteiger partial charge in [0.25, 0.3) is 0 Å². The number of allylic oxidation sites excluding steroid dienone is 1. The molecule has 1 aromatic carbocycles. The lowest BCUT2D eigenvalue weighted by atomic mass is 10.0. The Morgan fingerprint density at radius 2 is 1.74 bits per heavy atom. The summed E-state index contributed by atoms with van der Waals surface area (Å²) in [4.78, 5) is 58.3. The van der Waals surface area contributed by atoms with E-state index in [1.807, 2.05) is 0 Å². The van der Waals surface area contributed by atoms with Crippen molar-refractivity contribution >= 4 is 34.7 Å². The number of carbonyl (C=O) groups is 4. The fraction of sp³-hybridized carbons (Fsp3) is 0.541. The van der Waals surface area contributed by atoms with Crippen molar-refractivity contribution in [3.05, 3.63) is 77.1 Å². The third-order valence-electron chi connectivity index (χ3n) is 8.05. The zero-order valence-corrected chi connectivity index (χ0v) is 29.9. The molecule has 9 nitrogen and oxygen atoms in total. The van der Waals surface area contributed by atoms with Crippen molar-refractivity contribution in [1.82, 2.24) is 20.5 Å². The third-order valence-corrected chi connectivity index (χ3v) is 9.01. The van der Waals surface area contributed by atoms with Gasteiger partial charge in [-0.1, -0.05) is 82.5 Å². The number of aromatic nitrogens is 1. The number of benzene rings is 1. The van der Waals surface area contributed by atoms with E-state index < -0.39 is 35.8 Å². The van der Waals surface area contributed by atoms with Crippen LogP contribution in [-0.4, -0.2) is 57.2 Å². The van der Waals surface area contributed by atoms with E-state index in [9.17, 15) is 32.3 Å². The number of cyclic esters (lactones) is 1. The Morgan fingerprint density at radius 3 is 2.44 bits per heavy atom. The van der Waals surface area contributed by atoms with E-state index >= 15 is 0 Å². The summed E-state index contributed by atoms with van der Waals surface area (Å²) in [6.07, 6.45) is 4.39. The van der Waals surface area contributed by atoms with Crippen molar-refractivity contribution in [1.29, 1.82) is 0 Å². The Morgan fingerprint density at radius 1 is 1.02 bits per heavy atom. The van der Waals surface area contributed by atoms with Gasteiger partial charge in [-0.2, -0.15) is 13.2 Å². The van der Waals surface area contributed by atoms with E-state index in [-0.39, 0.29) is 49.5 Å². The number of rotatable bonds is 13. The molecule has 0 aliphatic carbocycles. The molecular weight excluding hydrogens is 669 g/mol.